The molecule has 3 nitrogen and oxygen atoms in total. The molecule has 3 aromatic rings. The summed E-state index contributed by atoms with van der Waals surface area (Å²) in [6, 6.07) is 18.7. The Hall–Kier alpha value is -2.23. The lowest BCUT2D eigenvalue weighted by atomic mass is 10.1. The SMILES string of the molecule is O=C(COc1ccc2ccccc2c1)OCc1c(Cl)cccc1Cl. The van der Waals surface area contributed by atoms with E-state index < -0.39 is 5.97 Å². The highest BCUT2D eigenvalue weighted by molar-refractivity contribution is 6.35. The van der Waals surface area contributed by atoms with E-state index in [4.69, 9.17) is 32.7 Å². The second-order valence-electron chi connectivity index (χ2n) is 5.16. The third kappa shape index (κ3) is 3.99. The molecule has 0 amide bonds. The van der Waals surface area contributed by atoms with Crippen molar-refractivity contribution in [3.05, 3.63) is 76.3 Å². The molecule has 0 fully saturated rings. The zero-order valence-corrected chi connectivity index (χ0v) is 14.2. The van der Waals surface area contributed by atoms with Gasteiger partial charge in [-0.2, -0.15) is 0 Å². The van der Waals surface area contributed by atoms with Gasteiger partial charge in [0.2, 0.25) is 0 Å². The van der Waals surface area contributed by atoms with E-state index in [1.807, 2.05) is 42.5 Å². The van der Waals surface area contributed by atoms with E-state index in [-0.39, 0.29) is 13.2 Å². The monoisotopic (exact) mass is 360 g/mol. The van der Waals surface area contributed by atoms with Crippen molar-refractivity contribution in [2.45, 2.75) is 6.61 Å². The molecule has 0 spiro atoms. The maximum Gasteiger partial charge on any atom is 0.344 e. The maximum atomic E-state index is 11.8. The van der Waals surface area contributed by atoms with Crippen LogP contribution in [0.4, 0.5) is 0 Å². The summed E-state index contributed by atoms with van der Waals surface area (Å²) in [5.74, 6) is 0.126. The molecular formula is C19H14Cl2O3. The molecule has 5 heteroatoms. The Kier molecular flexibility index (Phi) is 5.24. The summed E-state index contributed by atoms with van der Waals surface area (Å²) in [5.41, 5.74) is 0.583. The number of carbonyl (C=O) groups is 1. The van der Waals surface area contributed by atoms with Crippen LogP contribution in [-0.2, 0) is 16.1 Å². The van der Waals surface area contributed by atoms with E-state index in [1.165, 1.54) is 0 Å². The lowest BCUT2D eigenvalue weighted by Crippen LogP contribution is -2.15. The maximum absolute atomic E-state index is 11.8. The van der Waals surface area contributed by atoms with E-state index >= 15 is 0 Å². The van der Waals surface area contributed by atoms with Crippen molar-refractivity contribution in [1.82, 2.24) is 0 Å². The average Bonchev–Trinajstić information content (AvgIpc) is 2.59. The first kappa shape index (κ1) is 16.6. The molecule has 0 unspecified atom stereocenters. The minimum atomic E-state index is -0.487. The lowest BCUT2D eigenvalue weighted by molar-refractivity contribution is -0.147. The second-order valence-corrected chi connectivity index (χ2v) is 5.97. The molecule has 0 aromatic heterocycles. The van der Waals surface area contributed by atoms with Crippen molar-refractivity contribution in [1.29, 1.82) is 0 Å². The van der Waals surface area contributed by atoms with Crippen LogP contribution < -0.4 is 4.74 Å². The van der Waals surface area contributed by atoms with Gasteiger partial charge in [0.15, 0.2) is 6.61 Å². The zero-order valence-electron chi connectivity index (χ0n) is 12.7. The number of rotatable bonds is 5. The van der Waals surface area contributed by atoms with Gasteiger partial charge in [-0.15, -0.1) is 0 Å². The van der Waals surface area contributed by atoms with Crippen molar-refractivity contribution in [3.63, 3.8) is 0 Å². The Balaban J connectivity index is 1.57. The molecule has 0 radical (unpaired) electrons. The fourth-order valence-electron chi connectivity index (χ4n) is 2.26. The zero-order chi connectivity index (χ0) is 16.9. The van der Waals surface area contributed by atoms with Gasteiger partial charge in [0.05, 0.1) is 0 Å². The van der Waals surface area contributed by atoms with Crippen molar-refractivity contribution < 1.29 is 14.3 Å². The van der Waals surface area contributed by atoms with Crippen molar-refractivity contribution >= 4 is 39.9 Å². The van der Waals surface area contributed by atoms with E-state index in [1.54, 1.807) is 18.2 Å². The van der Waals surface area contributed by atoms with Crippen LogP contribution in [0.2, 0.25) is 10.0 Å². The fourth-order valence-corrected chi connectivity index (χ4v) is 2.77. The van der Waals surface area contributed by atoms with Crippen LogP contribution >= 0.6 is 23.2 Å². The smallest absolute Gasteiger partial charge is 0.344 e. The van der Waals surface area contributed by atoms with Gasteiger partial charge in [0, 0.05) is 15.6 Å². The van der Waals surface area contributed by atoms with Gasteiger partial charge in [0.25, 0.3) is 0 Å². The summed E-state index contributed by atoms with van der Waals surface area (Å²) < 4.78 is 10.7. The van der Waals surface area contributed by atoms with Crippen LogP contribution in [0.1, 0.15) is 5.56 Å². The number of esters is 1. The Morgan fingerprint density at radius 1 is 0.875 bits per heavy atom. The van der Waals surface area contributed by atoms with Crippen LogP contribution in [-0.4, -0.2) is 12.6 Å². The van der Waals surface area contributed by atoms with Crippen LogP contribution in [0, 0.1) is 0 Å². The van der Waals surface area contributed by atoms with Gasteiger partial charge in [-0.3, -0.25) is 0 Å². The molecule has 0 heterocycles. The van der Waals surface area contributed by atoms with Crippen LogP contribution in [0.3, 0.4) is 0 Å². The summed E-state index contributed by atoms with van der Waals surface area (Å²) in [4.78, 5) is 11.8. The van der Waals surface area contributed by atoms with Crippen molar-refractivity contribution in [3.8, 4) is 5.75 Å². The van der Waals surface area contributed by atoms with E-state index in [9.17, 15) is 4.79 Å². The molecule has 0 N–H and O–H groups in total. The lowest BCUT2D eigenvalue weighted by Gasteiger charge is -2.10. The van der Waals surface area contributed by atoms with Gasteiger partial charge in [-0.05, 0) is 35.0 Å². The number of carbonyl (C=O) groups excluding carboxylic acids is 1. The summed E-state index contributed by atoms with van der Waals surface area (Å²) in [5, 5.41) is 3.09. The predicted octanol–water partition coefficient (Wildman–Crippen LogP) is 5.27. The minimum absolute atomic E-state index is 0.0123. The topological polar surface area (TPSA) is 35.5 Å². The number of halogens is 2. The average molecular weight is 361 g/mol. The molecule has 0 aliphatic rings. The molecule has 122 valence electrons. The summed E-state index contributed by atoms with van der Waals surface area (Å²) in [6.07, 6.45) is 0. The predicted molar refractivity (Wildman–Crippen MR) is 95.7 cm³/mol. The molecule has 3 aromatic carbocycles. The first-order chi connectivity index (χ1) is 11.6. The number of fused-ring (bicyclic) bond motifs is 1. The molecule has 24 heavy (non-hydrogen) atoms. The minimum Gasteiger partial charge on any atom is -0.482 e. The Bertz CT molecular complexity index is 857. The summed E-state index contributed by atoms with van der Waals surface area (Å²) >= 11 is 12.1. The largest absolute Gasteiger partial charge is 0.482 e. The van der Waals surface area contributed by atoms with E-state index in [2.05, 4.69) is 0 Å². The number of benzene rings is 3. The molecular weight excluding hydrogens is 347 g/mol. The number of ether oxygens (including phenoxy) is 2. The Morgan fingerprint density at radius 3 is 2.33 bits per heavy atom. The van der Waals surface area contributed by atoms with E-state index in [0.29, 0.717) is 21.4 Å². The highest BCUT2D eigenvalue weighted by Gasteiger charge is 2.10. The third-order valence-corrected chi connectivity index (χ3v) is 4.23. The molecule has 3 rings (SSSR count). The molecule has 0 aliphatic carbocycles. The third-order valence-electron chi connectivity index (χ3n) is 3.52. The van der Waals surface area contributed by atoms with Crippen LogP contribution in [0.25, 0.3) is 10.8 Å². The van der Waals surface area contributed by atoms with Gasteiger partial charge in [0.1, 0.15) is 12.4 Å². The van der Waals surface area contributed by atoms with E-state index in [0.717, 1.165) is 10.8 Å². The standard InChI is InChI=1S/C19H14Cl2O3/c20-17-6-3-7-18(21)16(17)11-24-19(22)12-23-15-9-8-13-4-1-2-5-14(13)10-15/h1-10H,11-12H2. The highest BCUT2D eigenvalue weighted by atomic mass is 35.5. The van der Waals surface area contributed by atoms with Gasteiger partial charge in [-0.1, -0.05) is 59.6 Å². The fraction of sp³-hybridized carbons (Fsp3) is 0.105. The van der Waals surface area contributed by atoms with Gasteiger partial charge >= 0.3 is 5.97 Å². The first-order valence-electron chi connectivity index (χ1n) is 7.33. The van der Waals surface area contributed by atoms with Gasteiger partial charge < -0.3 is 9.47 Å². The van der Waals surface area contributed by atoms with Crippen LogP contribution in [0.15, 0.2) is 60.7 Å². The van der Waals surface area contributed by atoms with Crippen molar-refractivity contribution in [2.75, 3.05) is 6.61 Å². The number of hydrogen-bond acceptors (Lipinski definition) is 3. The second kappa shape index (κ2) is 7.56. The summed E-state index contributed by atoms with van der Waals surface area (Å²) in [7, 11) is 0. The number of hydrogen-bond donors (Lipinski definition) is 0. The molecule has 0 atom stereocenters. The van der Waals surface area contributed by atoms with Crippen LogP contribution in [0.5, 0.6) is 5.75 Å². The van der Waals surface area contributed by atoms with Crippen molar-refractivity contribution in [2.24, 2.45) is 0 Å². The molecule has 0 saturated heterocycles. The highest BCUT2D eigenvalue weighted by Crippen LogP contribution is 2.25. The first-order valence-corrected chi connectivity index (χ1v) is 8.09. The molecule has 0 saturated carbocycles. The van der Waals surface area contributed by atoms with Gasteiger partial charge in [-0.25, -0.2) is 4.79 Å². The Labute approximate surface area is 149 Å². The molecule has 0 bridgehead atoms. The quantitative estimate of drug-likeness (QED) is 0.581. The Morgan fingerprint density at radius 2 is 1.58 bits per heavy atom. The molecule has 0 aliphatic heterocycles. The normalized spacial score (nSPS) is 10.6. The summed E-state index contributed by atoms with van der Waals surface area (Å²) in [6.45, 7) is -0.168.